The molecule has 0 aliphatic carbocycles. The molecule has 0 heterocycles. The van der Waals surface area contributed by atoms with Gasteiger partial charge in [-0.15, -0.1) is 0 Å². The molecule has 0 saturated heterocycles. The lowest BCUT2D eigenvalue weighted by Crippen LogP contribution is -2.41. The highest BCUT2D eigenvalue weighted by Crippen LogP contribution is 2.22. The van der Waals surface area contributed by atoms with Crippen LogP contribution in [0.4, 0.5) is 0 Å². The standard InChI is InChI=1S/C17H27NO2/c1-12(2)15(16(19)20)18-11-10-13-6-8-14(9-7-13)17(3,4)5/h6-9,12,15,18H,10-11H2,1-5H3,(H,19,20)/t15-/m1/s1. The molecule has 1 aromatic carbocycles. The number of aliphatic carboxylic acids is 1. The Balaban J connectivity index is 2.52. The second-order valence-corrected chi connectivity index (χ2v) is 6.71. The van der Waals surface area contributed by atoms with Crippen LogP contribution in [0.1, 0.15) is 45.7 Å². The van der Waals surface area contributed by atoms with Crippen molar-refractivity contribution in [2.45, 2.75) is 52.5 Å². The van der Waals surface area contributed by atoms with Gasteiger partial charge in [-0.05, 0) is 35.4 Å². The predicted molar refractivity (Wildman–Crippen MR) is 83.1 cm³/mol. The average Bonchev–Trinajstić information content (AvgIpc) is 2.33. The fraction of sp³-hybridized carbons (Fsp3) is 0.588. The minimum absolute atomic E-state index is 0.0933. The van der Waals surface area contributed by atoms with E-state index in [1.54, 1.807) is 0 Å². The van der Waals surface area contributed by atoms with E-state index in [9.17, 15) is 4.79 Å². The molecule has 0 amide bonds. The van der Waals surface area contributed by atoms with Crippen LogP contribution in [0.3, 0.4) is 0 Å². The fourth-order valence-corrected chi connectivity index (χ4v) is 2.15. The molecule has 0 unspecified atom stereocenters. The molecule has 0 radical (unpaired) electrons. The summed E-state index contributed by atoms with van der Waals surface area (Å²) < 4.78 is 0. The lowest BCUT2D eigenvalue weighted by molar-refractivity contribution is -0.140. The number of hydrogen-bond acceptors (Lipinski definition) is 2. The SMILES string of the molecule is CC(C)[C@@H](NCCc1ccc(C(C)(C)C)cc1)C(=O)O. The van der Waals surface area contributed by atoms with E-state index in [1.807, 2.05) is 13.8 Å². The summed E-state index contributed by atoms with van der Waals surface area (Å²) in [4.78, 5) is 11.1. The Labute approximate surface area is 122 Å². The van der Waals surface area contributed by atoms with Crippen molar-refractivity contribution in [3.63, 3.8) is 0 Å². The minimum Gasteiger partial charge on any atom is -0.480 e. The molecule has 0 aromatic heterocycles. The van der Waals surface area contributed by atoms with E-state index in [-0.39, 0.29) is 11.3 Å². The zero-order chi connectivity index (χ0) is 15.3. The van der Waals surface area contributed by atoms with Crippen LogP contribution >= 0.6 is 0 Å². The van der Waals surface area contributed by atoms with Crippen molar-refractivity contribution in [2.75, 3.05) is 6.54 Å². The summed E-state index contributed by atoms with van der Waals surface area (Å²) in [6.07, 6.45) is 0.848. The van der Waals surface area contributed by atoms with E-state index >= 15 is 0 Å². The molecule has 112 valence electrons. The van der Waals surface area contributed by atoms with Gasteiger partial charge in [0, 0.05) is 0 Å². The summed E-state index contributed by atoms with van der Waals surface area (Å²) in [7, 11) is 0. The Morgan fingerprint density at radius 3 is 2.15 bits per heavy atom. The number of benzene rings is 1. The van der Waals surface area contributed by atoms with Crippen LogP contribution in [0, 0.1) is 5.92 Å². The number of rotatable bonds is 6. The molecule has 1 atom stereocenters. The predicted octanol–water partition coefficient (Wildman–Crippen LogP) is 3.23. The Hall–Kier alpha value is -1.35. The van der Waals surface area contributed by atoms with Gasteiger partial charge in [0.15, 0.2) is 0 Å². The van der Waals surface area contributed by atoms with Gasteiger partial charge in [0.2, 0.25) is 0 Å². The molecule has 0 spiro atoms. The molecule has 0 fully saturated rings. The van der Waals surface area contributed by atoms with Gasteiger partial charge >= 0.3 is 5.97 Å². The summed E-state index contributed by atoms with van der Waals surface area (Å²) >= 11 is 0. The van der Waals surface area contributed by atoms with Crippen LogP contribution in [0.25, 0.3) is 0 Å². The van der Waals surface area contributed by atoms with Crippen LogP contribution in [-0.2, 0) is 16.6 Å². The average molecular weight is 277 g/mol. The van der Waals surface area contributed by atoms with E-state index < -0.39 is 12.0 Å². The van der Waals surface area contributed by atoms with E-state index in [1.165, 1.54) is 11.1 Å². The fourth-order valence-electron chi connectivity index (χ4n) is 2.15. The van der Waals surface area contributed by atoms with Crippen molar-refractivity contribution >= 4 is 5.97 Å². The van der Waals surface area contributed by atoms with Crippen molar-refractivity contribution in [1.82, 2.24) is 5.32 Å². The maximum Gasteiger partial charge on any atom is 0.320 e. The normalized spacial score (nSPS) is 13.5. The Morgan fingerprint density at radius 2 is 1.75 bits per heavy atom. The Morgan fingerprint density at radius 1 is 1.20 bits per heavy atom. The van der Waals surface area contributed by atoms with Crippen molar-refractivity contribution in [3.05, 3.63) is 35.4 Å². The number of carboxylic acid groups (broad SMARTS) is 1. The monoisotopic (exact) mass is 277 g/mol. The molecular weight excluding hydrogens is 250 g/mol. The van der Waals surface area contributed by atoms with E-state index in [4.69, 9.17) is 5.11 Å². The molecule has 0 aliphatic heterocycles. The first-order valence-corrected chi connectivity index (χ1v) is 7.27. The van der Waals surface area contributed by atoms with Crippen LogP contribution in [0.15, 0.2) is 24.3 Å². The van der Waals surface area contributed by atoms with Gasteiger partial charge in [-0.2, -0.15) is 0 Å². The molecule has 1 rings (SSSR count). The number of hydrogen-bond donors (Lipinski definition) is 2. The third kappa shape index (κ3) is 4.97. The van der Waals surface area contributed by atoms with Gasteiger partial charge in [0.05, 0.1) is 0 Å². The molecule has 20 heavy (non-hydrogen) atoms. The molecule has 3 heteroatoms. The van der Waals surface area contributed by atoms with Gasteiger partial charge in [-0.25, -0.2) is 0 Å². The molecule has 1 aromatic rings. The van der Waals surface area contributed by atoms with E-state index in [2.05, 4.69) is 50.4 Å². The summed E-state index contributed by atoms with van der Waals surface area (Å²) in [6.45, 7) is 11.1. The maximum atomic E-state index is 11.1. The van der Waals surface area contributed by atoms with Gasteiger partial charge in [-0.1, -0.05) is 58.9 Å². The summed E-state index contributed by atoms with van der Waals surface area (Å²) in [5.41, 5.74) is 2.72. The molecule has 0 saturated carbocycles. The molecule has 0 aliphatic rings. The second-order valence-electron chi connectivity index (χ2n) is 6.71. The smallest absolute Gasteiger partial charge is 0.320 e. The first-order chi connectivity index (χ1) is 9.21. The number of nitrogens with one attached hydrogen (secondary N) is 1. The van der Waals surface area contributed by atoms with Gasteiger partial charge in [0.1, 0.15) is 6.04 Å². The van der Waals surface area contributed by atoms with Crippen molar-refractivity contribution < 1.29 is 9.90 Å². The van der Waals surface area contributed by atoms with Crippen molar-refractivity contribution in [2.24, 2.45) is 5.92 Å². The Bertz CT molecular complexity index is 429. The third-order valence-electron chi connectivity index (χ3n) is 3.53. The first kappa shape index (κ1) is 16.7. The molecule has 3 nitrogen and oxygen atoms in total. The number of carbonyl (C=O) groups is 1. The lowest BCUT2D eigenvalue weighted by Gasteiger charge is -2.20. The van der Waals surface area contributed by atoms with Gasteiger partial charge < -0.3 is 10.4 Å². The van der Waals surface area contributed by atoms with Crippen molar-refractivity contribution in [1.29, 1.82) is 0 Å². The highest BCUT2D eigenvalue weighted by atomic mass is 16.4. The molecule has 0 bridgehead atoms. The number of carboxylic acids is 1. The van der Waals surface area contributed by atoms with Crippen LogP contribution in [0.5, 0.6) is 0 Å². The summed E-state index contributed by atoms with van der Waals surface area (Å²) in [5.74, 6) is -0.682. The van der Waals surface area contributed by atoms with Crippen LogP contribution in [0.2, 0.25) is 0 Å². The van der Waals surface area contributed by atoms with Gasteiger partial charge in [0.25, 0.3) is 0 Å². The Kier molecular flexibility index (Phi) is 5.75. The third-order valence-corrected chi connectivity index (χ3v) is 3.53. The molecular formula is C17H27NO2. The summed E-state index contributed by atoms with van der Waals surface area (Å²) in [5, 5.41) is 12.2. The lowest BCUT2D eigenvalue weighted by atomic mass is 9.86. The zero-order valence-corrected chi connectivity index (χ0v) is 13.2. The maximum absolute atomic E-state index is 11.1. The minimum atomic E-state index is -0.775. The topological polar surface area (TPSA) is 49.3 Å². The van der Waals surface area contributed by atoms with E-state index in [0.29, 0.717) is 6.54 Å². The zero-order valence-electron chi connectivity index (χ0n) is 13.2. The second kappa shape index (κ2) is 6.89. The summed E-state index contributed by atoms with van der Waals surface area (Å²) in [6, 6.07) is 8.11. The quantitative estimate of drug-likeness (QED) is 0.839. The van der Waals surface area contributed by atoms with Gasteiger partial charge in [-0.3, -0.25) is 4.79 Å². The van der Waals surface area contributed by atoms with Crippen LogP contribution in [-0.4, -0.2) is 23.7 Å². The van der Waals surface area contributed by atoms with Crippen molar-refractivity contribution in [3.8, 4) is 0 Å². The largest absolute Gasteiger partial charge is 0.480 e. The highest BCUT2D eigenvalue weighted by Gasteiger charge is 2.20. The van der Waals surface area contributed by atoms with E-state index in [0.717, 1.165) is 6.42 Å². The molecule has 2 N–H and O–H groups in total. The van der Waals surface area contributed by atoms with Crippen LogP contribution < -0.4 is 5.32 Å². The first-order valence-electron chi connectivity index (χ1n) is 7.27. The highest BCUT2D eigenvalue weighted by molar-refractivity contribution is 5.73.